The number of anilines is 2. The maximum atomic E-state index is 12.4. The van der Waals surface area contributed by atoms with E-state index in [1.807, 2.05) is 24.0 Å². The molecule has 6 heteroatoms. The minimum Gasteiger partial charge on any atom is -0.319 e. The third kappa shape index (κ3) is 4.65. The molecule has 0 aliphatic carbocycles. The van der Waals surface area contributed by atoms with Gasteiger partial charge >= 0.3 is 0 Å². The van der Waals surface area contributed by atoms with E-state index in [2.05, 4.69) is 38.1 Å². The Balaban J connectivity index is 2.22. The van der Waals surface area contributed by atoms with Crippen molar-refractivity contribution in [1.29, 1.82) is 0 Å². The molecule has 1 unspecified atom stereocenters. The van der Waals surface area contributed by atoms with Gasteiger partial charge in [-0.25, -0.2) is 0 Å². The van der Waals surface area contributed by atoms with Gasteiger partial charge in [0.1, 0.15) is 0 Å². The third-order valence-corrected chi connectivity index (χ3v) is 7.91. The van der Waals surface area contributed by atoms with Gasteiger partial charge in [-0.2, -0.15) is 8.42 Å². The first-order chi connectivity index (χ1) is 13.9. The zero-order valence-electron chi connectivity index (χ0n) is 17.5. The van der Waals surface area contributed by atoms with Crippen LogP contribution in [0.4, 0.5) is 11.4 Å². The first-order valence-corrected chi connectivity index (χ1v) is 12.9. The van der Waals surface area contributed by atoms with Gasteiger partial charge < -0.3 is 4.90 Å². The fraction of sp³-hybridized carbons (Fsp3) is 0.478. The molecule has 3 rings (SSSR count). The highest BCUT2D eigenvalue weighted by Gasteiger charge is 2.37. The summed E-state index contributed by atoms with van der Waals surface area (Å²) in [5.41, 5.74) is 4.22. The molecular formula is C23H31NO3S2. The molecule has 0 amide bonds. The molecule has 0 fully saturated rings. The van der Waals surface area contributed by atoms with Gasteiger partial charge in [0.25, 0.3) is 10.1 Å². The van der Waals surface area contributed by atoms with Crippen molar-refractivity contribution in [2.24, 2.45) is 0 Å². The lowest BCUT2D eigenvalue weighted by molar-refractivity contribution is 0.464. The molecule has 29 heavy (non-hydrogen) atoms. The Kier molecular flexibility index (Phi) is 7.30. The van der Waals surface area contributed by atoms with Crippen LogP contribution >= 0.6 is 11.8 Å². The third-order valence-electron chi connectivity index (χ3n) is 5.45. The lowest BCUT2D eigenvalue weighted by Gasteiger charge is -2.39. The fourth-order valence-electron chi connectivity index (χ4n) is 3.99. The molecule has 1 aliphatic rings. The van der Waals surface area contributed by atoms with Gasteiger partial charge in [-0.15, -0.1) is 0 Å². The quantitative estimate of drug-likeness (QED) is 0.452. The number of aryl methyl sites for hydroxylation is 2. The first-order valence-electron chi connectivity index (χ1n) is 10.6. The number of fused-ring (bicyclic) bond motifs is 2. The molecule has 4 nitrogen and oxygen atoms in total. The number of hydrogen-bond acceptors (Lipinski definition) is 4. The smallest absolute Gasteiger partial charge is 0.286 e. The summed E-state index contributed by atoms with van der Waals surface area (Å²) < 4.78 is 34.8. The molecule has 2 aromatic rings. The van der Waals surface area contributed by atoms with E-state index < -0.39 is 15.5 Å². The minimum atomic E-state index is -4.25. The van der Waals surface area contributed by atoms with E-state index in [9.17, 15) is 13.0 Å². The van der Waals surface area contributed by atoms with Gasteiger partial charge in [-0.1, -0.05) is 69.6 Å². The van der Waals surface area contributed by atoms with Crippen molar-refractivity contribution in [2.75, 3.05) is 4.90 Å². The van der Waals surface area contributed by atoms with Crippen LogP contribution in [-0.2, 0) is 23.0 Å². The van der Waals surface area contributed by atoms with Gasteiger partial charge in [0.2, 0.25) is 0 Å². The van der Waals surface area contributed by atoms with Gasteiger partial charge in [-0.05, 0) is 55.4 Å². The zero-order valence-corrected chi connectivity index (χ0v) is 19.2. The Labute approximate surface area is 179 Å². The number of rotatable bonds is 9. The zero-order chi connectivity index (χ0) is 21.0. The molecule has 2 aromatic carbocycles. The van der Waals surface area contributed by atoms with Crippen LogP contribution in [0.5, 0.6) is 0 Å². The fourth-order valence-corrected chi connectivity index (χ4v) is 6.16. The van der Waals surface area contributed by atoms with Crippen LogP contribution in [-0.4, -0.2) is 18.3 Å². The second kappa shape index (κ2) is 9.54. The molecule has 1 aliphatic heterocycles. The van der Waals surface area contributed by atoms with Crippen LogP contribution in [0.1, 0.15) is 64.0 Å². The Bertz CT molecular complexity index is 957. The van der Waals surface area contributed by atoms with Crippen LogP contribution in [0.15, 0.2) is 46.2 Å². The molecule has 1 N–H and O–H groups in total. The lowest BCUT2D eigenvalue weighted by atomic mass is 10.0. The molecule has 1 atom stereocenters. The molecule has 1 heterocycles. The number of nitrogens with zero attached hydrogens (tertiary/aromatic N) is 1. The summed E-state index contributed by atoms with van der Waals surface area (Å²) in [4.78, 5) is 4.07. The van der Waals surface area contributed by atoms with E-state index in [4.69, 9.17) is 0 Å². The minimum absolute atomic E-state index is 0.309. The Morgan fingerprint density at radius 3 is 2.21 bits per heavy atom. The van der Waals surface area contributed by atoms with Crippen molar-refractivity contribution in [3.63, 3.8) is 0 Å². The summed E-state index contributed by atoms with van der Waals surface area (Å²) >= 11 is 1.73. The Hall–Kier alpha value is -1.50. The van der Waals surface area contributed by atoms with Crippen LogP contribution in [0.2, 0.25) is 0 Å². The molecule has 158 valence electrons. The molecule has 0 saturated carbocycles. The lowest BCUT2D eigenvalue weighted by Crippen LogP contribution is -2.39. The highest BCUT2D eigenvalue weighted by atomic mass is 32.2. The summed E-state index contributed by atoms with van der Waals surface area (Å²) in [5, 5.41) is -0.995. The summed E-state index contributed by atoms with van der Waals surface area (Å²) in [6.45, 7) is 6.15. The van der Waals surface area contributed by atoms with Crippen molar-refractivity contribution < 1.29 is 13.0 Å². The predicted octanol–water partition coefficient (Wildman–Crippen LogP) is 6.60. The normalized spacial score (nSPS) is 14.4. The summed E-state index contributed by atoms with van der Waals surface area (Å²) in [6.07, 6.45) is 6.49. The van der Waals surface area contributed by atoms with E-state index in [1.54, 1.807) is 11.8 Å². The van der Waals surface area contributed by atoms with E-state index in [0.717, 1.165) is 65.3 Å². The van der Waals surface area contributed by atoms with E-state index in [0.29, 0.717) is 6.42 Å². The molecule has 0 spiro atoms. The highest BCUT2D eigenvalue weighted by Crippen LogP contribution is 2.52. The number of para-hydroxylation sites is 1. The van der Waals surface area contributed by atoms with E-state index >= 15 is 0 Å². The summed E-state index contributed by atoms with van der Waals surface area (Å²) in [7, 11) is -4.25. The molecular weight excluding hydrogens is 402 g/mol. The van der Waals surface area contributed by atoms with Crippen LogP contribution in [0.25, 0.3) is 0 Å². The predicted molar refractivity (Wildman–Crippen MR) is 122 cm³/mol. The number of unbranched alkanes of at least 4 members (excludes halogenated alkanes) is 2. The molecule has 0 radical (unpaired) electrons. The molecule has 0 aromatic heterocycles. The largest absolute Gasteiger partial charge is 0.319 e. The molecule has 0 bridgehead atoms. The monoisotopic (exact) mass is 433 g/mol. The first kappa shape index (κ1) is 22.2. The second-order valence-corrected chi connectivity index (χ2v) is 10.2. The van der Waals surface area contributed by atoms with Crippen molar-refractivity contribution in [1.82, 2.24) is 0 Å². The van der Waals surface area contributed by atoms with Gasteiger partial charge in [0.05, 0.1) is 11.4 Å². The second-order valence-electron chi connectivity index (χ2n) is 7.59. The average Bonchev–Trinajstić information content (AvgIpc) is 2.69. The van der Waals surface area contributed by atoms with Gasteiger partial charge in [0, 0.05) is 9.79 Å². The summed E-state index contributed by atoms with van der Waals surface area (Å²) in [6, 6.07) is 12.4. The molecule has 0 saturated heterocycles. The maximum Gasteiger partial charge on any atom is 0.286 e. The Morgan fingerprint density at radius 2 is 1.59 bits per heavy atom. The maximum absolute atomic E-state index is 12.4. The van der Waals surface area contributed by atoms with Crippen molar-refractivity contribution >= 4 is 33.3 Å². The van der Waals surface area contributed by atoms with E-state index in [1.165, 1.54) is 5.56 Å². The number of hydrogen-bond donors (Lipinski definition) is 1. The van der Waals surface area contributed by atoms with Crippen LogP contribution in [0, 0.1) is 0 Å². The van der Waals surface area contributed by atoms with Crippen molar-refractivity contribution in [3.8, 4) is 0 Å². The highest BCUT2D eigenvalue weighted by molar-refractivity contribution is 7.99. The standard InChI is InChI=1S/C23H31NO3S2/c1-4-7-11-17-13-10-16-20-22(17)24(21(6-3)29(25,26)27)19-15-9-14-18(12-8-5-2)23(19)28-20/h9-10,13-16,21H,4-8,11-12H2,1-3H3,(H,25,26,27). The SMILES string of the molecule is CCCCc1cccc2c1Sc1cccc(CCCC)c1N2C(CC)S(=O)(=O)O. The van der Waals surface area contributed by atoms with Gasteiger partial charge in [0.15, 0.2) is 5.37 Å². The Morgan fingerprint density at radius 1 is 0.966 bits per heavy atom. The number of benzene rings is 2. The van der Waals surface area contributed by atoms with E-state index in [-0.39, 0.29) is 0 Å². The van der Waals surface area contributed by atoms with Crippen molar-refractivity contribution in [3.05, 3.63) is 47.5 Å². The summed E-state index contributed by atoms with van der Waals surface area (Å²) in [5.74, 6) is 0. The average molecular weight is 434 g/mol. The van der Waals surface area contributed by atoms with Crippen molar-refractivity contribution in [2.45, 2.75) is 80.9 Å². The van der Waals surface area contributed by atoms with Gasteiger partial charge in [-0.3, -0.25) is 4.55 Å². The topological polar surface area (TPSA) is 57.6 Å². The van der Waals surface area contributed by atoms with Crippen LogP contribution < -0.4 is 4.90 Å². The van der Waals surface area contributed by atoms with Crippen LogP contribution in [0.3, 0.4) is 0 Å².